The Kier molecular flexibility index (Phi) is 11.7. The summed E-state index contributed by atoms with van der Waals surface area (Å²) in [6, 6.07) is 6.81. The van der Waals surface area contributed by atoms with Crippen molar-refractivity contribution in [1.29, 1.82) is 0 Å². The molecule has 0 spiro atoms. The van der Waals surface area contributed by atoms with Gasteiger partial charge in [0.15, 0.2) is 0 Å². The second-order valence-corrected chi connectivity index (χ2v) is 10.3. The maximum Gasteiger partial charge on any atom is 0.247 e. The largest absolute Gasteiger partial charge is 0.482 e. The number of benzene rings is 1. The smallest absolute Gasteiger partial charge is 0.247 e. The van der Waals surface area contributed by atoms with E-state index in [1.807, 2.05) is 30.3 Å². The summed E-state index contributed by atoms with van der Waals surface area (Å²) in [5.74, 6) is 0.187. The molecule has 3 rings (SSSR count). The molecule has 3 N–H and O–H groups in total. The highest BCUT2D eigenvalue weighted by Crippen LogP contribution is 2.31. The molecule has 1 saturated heterocycles. The van der Waals surface area contributed by atoms with Crippen molar-refractivity contribution in [2.45, 2.75) is 69.3 Å². The lowest BCUT2D eigenvalue weighted by Crippen LogP contribution is -2.56. The van der Waals surface area contributed by atoms with Crippen LogP contribution in [0.5, 0.6) is 5.75 Å². The standard InChI is InChI=1S/C27H37IN2O6/c1-2-3-4-5-12-25(32)30(18-20-9-8-15-35-20)22-16-19(27(34)29-13-14-31)17-24(26(22)33)36-23-11-7-6-10-21(23)28/h2,6-7,10-11,17,20,22,24,26,31,33H,1,3-5,8-9,12-16,18H2,(H,29,34)/t20-,22-,24+,26+/m1/s1. The highest BCUT2D eigenvalue weighted by Gasteiger charge is 2.41. The van der Waals surface area contributed by atoms with E-state index >= 15 is 0 Å². The van der Waals surface area contributed by atoms with Crippen molar-refractivity contribution in [3.05, 3.63) is 52.1 Å². The Bertz CT molecular complexity index is 917. The Morgan fingerprint density at radius 2 is 2.11 bits per heavy atom. The van der Waals surface area contributed by atoms with Gasteiger partial charge in [0.1, 0.15) is 18.0 Å². The van der Waals surface area contributed by atoms with Crippen LogP contribution in [-0.2, 0) is 14.3 Å². The van der Waals surface area contributed by atoms with Gasteiger partial charge in [0.05, 0.1) is 22.3 Å². The fraction of sp³-hybridized carbons (Fsp3) is 0.556. The summed E-state index contributed by atoms with van der Waals surface area (Å²) in [5.41, 5.74) is 0.423. The number of ether oxygens (including phenoxy) is 2. The van der Waals surface area contributed by atoms with E-state index in [2.05, 4.69) is 34.5 Å². The lowest BCUT2D eigenvalue weighted by molar-refractivity contribution is -0.141. The summed E-state index contributed by atoms with van der Waals surface area (Å²) in [6.07, 6.45) is 6.28. The van der Waals surface area contributed by atoms with Gasteiger partial charge in [-0.1, -0.05) is 18.2 Å². The van der Waals surface area contributed by atoms with Gasteiger partial charge in [0.25, 0.3) is 0 Å². The van der Waals surface area contributed by atoms with Crippen molar-refractivity contribution >= 4 is 34.4 Å². The van der Waals surface area contributed by atoms with Crippen molar-refractivity contribution in [3.63, 3.8) is 0 Å². The van der Waals surface area contributed by atoms with Gasteiger partial charge in [-0.2, -0.15) is 0 Å². The molecular weight excluding hydrogens is 575 g/mol. The number of allylic oxidation sites excluding steroid dienone is 1. The fourth-order valence-corrected chi connectivity index (χ4v) is 5.12. The van der Waals surface area contributed by atoms with Crippen molar-refractivity contribution in [2.24, 2.45) is 0 Å². The van der Waals surface area contributed by atoms with Crippen LogP contribution in [0.4, 0.5) is 0 Å². The molecule has 36 heavy (non-hydrogen) atoms. The first-order valence-electron chi connectivity index (χ1n) is 12.7. The minimum atomic E-state index is -1.03. The number of hydrogen-bond acceptors (Lipinski definition) is 6. The summed E-state index contributed by atoms with van der Waals surface area (Å²) < 4.78 is 12.9. The first-order chi connectivity index (χ1) is 17.4. The quantitative estimate of drug-likeness (QED) is 0.180. The molecule has 1 aliphatic heterocycles. The van der Waals surface area contributed by atoms with E-state index in [-0.39, 0.29) is 37.5 Å². The number of carbonyl (C=O) groups excluding carboxylic acids is 2. The molecule has 2 amide bonds. The molecule has 198 valence electrons. The number of unbranched alkanes of at least 4 members (excludes halogenated alkanes) is 2. The third-order valence-corrected chi connectivity index (χ3v) is 7.40. The van der Waals surface area contributed by atoms with E-state index < -0.39 is 18.2 Å². The molecule has 0 aromatic heterocycles. The van der Waals surface area contributed by atoms with E-state index in [0.29, 0.717) is 30.9 Å². The Hall–Kier alpha value is -1.95. The van der Waals surface area contributed by atoms with Gasteiger partial charge in [-0.05, 0) is 72.9 Å². The number of carbonyl (C=O) groups is 2. The van der Waals surface area contributed by atoms with Gasteiger partial charge in [0.2, 0.25) is 11.8 Å². The predicted octanol–water partition coefficient (Wildman–Crippen LogP) is 2.96. The monoisotopic (exact) mass is 612 g/mol. The molecule has 0 bridgehead atoms. The van der Waals surface area contributed by atoms with Crippen LogP contribution >= 0.6 is 22.6 Å². The van der Waals surface area contributed by atoms with Crippen LogP contribution < -0.4 is 10.1 Å². The number of nitrogens with one attached hydrogen (secondary N) is 1. The third-order valence-electron chi connectivity index (χ3n) is 6.51. The number of nitrogens with zero attached hydrogens (tertiary/aromatic N) is 1. The maximum atomic E-state index is 13.4. The molecule has 0 radical (unpaired) electrons. The Morgan fingerprint density at radius 1 is 1.31 bits per heavy atom. The molecule has 8 nitrogen and oxygen atoms in total. The molecule has 1 aliphatic carbocycles. The molecule has 9 heteroatoms. The zero-order chi connectivity index (χ0) is 25.9. The number of aliphatic hydroxyl groups excluding tert-OH is 2. The average Bonchev–Trinajstić information content (AvgIpc) is 3.39. The molecule has 4 atom stereocenters. The Balaban J connectivity index is 1.87. The van der Waals surface area contributed by atoms with Gasteiger partial charge in [-0.3, -0.25) is 9.59 Å². The van der Waals surface area contributed by atoms with Crippen molar-refractivity contribution < 1.29 is 29.3 Å². The van der Waals surface area contributed by atoms with Gasteiger partial charge >= 0.3 is 0 Å². The first kappa shape index (κ1) is 28.6. The minimum absolute atomic E-state index is 0.0660. The second kappa shape index (κ2) is 14.7. The maximum absolute atomic E-state index is 13.4. The lowest BCUT2D eigenvalue weighted by Gasteiger charge is -2.41. The molecule has 0 unspecified atom stereocenters. The number of halogens is 1. The number of amides is 2. The van der Waals surface area contributed by atoms with Gasteiger partial charge in [-0.25, -0.2) is 0 Å². The molecule has 2 aliphatic rings. The van der Waals surface area contributed by atoms with Crippen LogP contribution in [-0.4, -0.2) is 77.6 Å². The first-order valence-corrected chi connectivity index (χ1v) is 13.7. The average molecular weight is 613 g/mol. The van der Waals surface area contributed by atoms with Crippen molar-refractivity contribution in [3.8, 4) is 5.75 Å². The summed E-state index contributed by atoms with van der Waals surface area (Å²) in [5, 5.41) is 23.3. The zero-order valence-corrected chi connectivity index (χ0v) is 22.8. The van der Waals surface area contributed by atoms with E-state index in [1.54, 1.807) is 11.0 Å². The third kappa shape index (κ3) is 8.03. The van der Waals surface area contributed by atoms with Gasteiger partial charge in [0, 0.05) is 38.1 Å². The SMILES string of the molecule is C=CCCCCC(=O)N(C[C@H]1CCCO1)[C@@H]1CC(C(=O)NCCO)=C[C@H](Oc2ccccc2I)[C@H]1O. The van der Waals surface area contributed by atoms with Gasteiger partial charge in [-0.15, -0.1) is 6.58 Å². The fourth-order valence-electron chi connectivity index (χ4n) is 4.60. The Labute approximate surface area is 226 Å². The van der Waals surface area contributed by atoms with Crippen LogP contribution in [0.1, 0.15) is 44.9 Å². The molecule has 0 saturated carbocycles. The van der Waals surface area contributed by atoms with Crippen LogP contribution in [0.2, 0.25) is 0 Å². The molecule has 1 aromatic carbocycles. The molecular formula is C27H37IN2O6. The van der Waals surface area contributed by atoms with Crippen molar-refractivity contribution in [2.75, 3.05) is 26.3 Å². The topological polar surface area (TPSA) is 108 Å². The summed E-state index contributed by atoms with van der Waals surface area (Å²) >= 11 is 2.16. The highest BCUT2D eigenvalue weighted by atomic mass is 127. The normalized spacial score (nSPS) is 23.6. The van der Waals surface area contributed by atoms with E-state index in [4.69, 9.17) is 14.6 Å². The van der Waals surface area contributed by atoms with Crippen LogP contribution in [0, 0.1) is 3.57 Å². The summed E-state index contributed by atoms with van der Waals surface area (Å²) in [6.45, 7) is 4.70. The molecule has 1 heterocycles. The Morgan fingerprint density at radius 3 is 2.81 bits per heavy atom. The van der Waals surface area contributed by atoms with E-state index in [9.17, 15) is 14.7 Å². The minimum Gasteiger partial charge on any atom is -0.482 e. The van der Waals surface area contributed by atoms with E-state index in [1.165, 1.54) is 0 Å². The highest BCUT2D eigenvalue weighted by molar-refractivity contribution is 14.1. The van der Waals surface area contributed by atoms with Crippen molar-refractivity contribution in [1.82, 2.24) is 10.2 Å². The van der Waals surface area contributed by atoms with Gasteiger partial charge < -0.3 is 29.9 Å². The lowest BCUT2D eigenvalue weighted by atomic mass is 9.87. The second-order valence-electron chi connectivity index (χ2n) is 9.16. The molecule has 1 aromatic rings. The predicted molar refractivity (Wildman–Crippen MR) is 146 cm³/mol. The van der Waals surface area contributed by atoms with Crippen LogP contribution in [0.15, 0.2) is 48.6 Å². The molecule has 1 fully saturated rings. The number of aliphatic hydroxyl groups is 2. The summed E-state index contributed by atoms with van der Waals surface area (Å²) in [4.78, 5) is 28.0. The number of rotatable bonds is 13. The van der Waals surface area contributed by atoms with E-state index in [0.717, 1.165) is 35.7 Å². The van der Waals surface area contributed by atoms with Crippen LogP contribution in [0.3, 0.4) is 0 Å². The summed E-state index contributed by atoms with van der Waals surface area (Å²) in [7, 11) is 0. The van der Waals surface area contributed by atoms with Crippen LogP contribution in [0.25, 0.3) is 0 Å². The number of para-hydroxylation sites is 1. The zero-order valence-electron chi connectivity index (χ0n) is 20.6. The number of hydrogen-bond donors (Lipinski definition) is 3.